The monoisotopic (exact) mass is 458 g/mol. The zero-order valence-electron chi connectivity index (χ0n) is 17.4. The van der Waals surface area contributed by atoms with Crippen LogP contribution < -0.4 is 5.32 Å². The van der Waals surface area contributed by atoms with E-state index in [1.54, 1.807) is 6.07 Å². The van der Waals surface area contributed by atoms with Gasteiger partial charge in [-0.1, -0.05) is 60.7 Å². The molecule has 0 saturated carbocycles. The van der Waals surface area contributed by atoms with Gasteiger partial charge in [0.2, 0.25) is 12.5 Å². The first-order valence-corrected chi connectivity index (χ1v) is 11.2. The molecule has 1 aliphatic rings. The number of para-hydroxylation sites is 1. The van der Waals surface area contributed by atoms with Crippen LogP contribution in [0.5, 0.6) is 0 Å². The number of nitrogens with zero attached hydrogens (tertiary/aromatic N) is 1. The van der Waals surface area contributed by atoms with E-state index in [-0.39, 0.29) is 5.91 Å². The smallest absolute Gasteiger partial charge is 0.246 e. The third-order valence-corrected chi connectivity index (χ3v) is 7.51. The molecule has 33 heavy (non-hydrogen) atoms. The van der Waals surface area contributed by atoms with E-state index in [1.165, 1.54) is 36.0 Å². The molecule has 4 aromatic rings. The molecule has 0 aliphatic carbocycles. The molecule has 0 saturated heterocycles. The number of carbonyl (C=O) groups is 1. The van der Waals surface area contributed by atoms with Crippen molar-refractivity contribution < 1.29 is 14.1 Å². The molecule has 1 heterocycles. The maximum Gasteiger partial charge on any atom is 0.246 e. The molecule has 7 heteroatoms. The predicted octanol–water partition coefficient (Wildman–Crippen LogP) is 5.98. The van der Waals surface area contributed by atoms with Gasteiger partial charge in [0.05, 0.1) is 5.92 Å². The average molecular weight is 459 g/mol. The third-order valence-electron chi connectivity index (χ3n) is 6.01. The standard InChI is InChI=1S/C26H19FN2O3S/c27-20-12-9-18(10-13-20)23(16-29(31)32)26(22-7-3-4-8-24(22)28-25(26)30)33-21-14-11-17-5-1-2-6-19(17)15-21/h1-15,23H,16H2,(H,28,30)/t23-,26+/m1/s1. The minimum absolute atomic E-state index is 0.321. The molecule has 0 fully saturated rings. The number of thioether (sulfide) groups is 1. The molecular weight excluding hydrogens is 439 g/mol. The van der Waals surface area contributed by atoms with Crippen molar-refractivity contribution in [2.24, 2.45) is 0 Å². The molecule has 4 aromatic carbocycles. The van der Waals surface area contributed by atoms with Gasteiger partial charge >= 0.3 is 0 Å². The van der Waals surface area contributed by atoms with Crippen LogP contribution in [0.4, 0.5) is 10.1 Å². The van der Waals surface area contributed by atoms with E-state index < -0.39 is 28.0 Å². The predicted molar refractivity (Wildman–Crippen MR) is 128 cm³/mol. The van der Waals surface area contributed by atoms with Gasteiger partial charge in [-0.15, -0.1) is 11.8 Å². The van der Waals surface area contributed by atoms with E-state index in [0.717, 1.165) is 15.7 Å². The van der Waals surface area contributed by atoms with Gasteiger partial charge in [0, 0.05) is 21.1 Å². The number of anilines is 1. The Balaban J connectivity index is 1.72. The Labute approximate surface area is 193 Å². The molecule has 164 valence electrons. The fourth-order valence-corrected chi connectivity index (χ4v) is 5.98. The van der Waals surface area contributed by atoms with Crippen LogP contribution in [0.3, 0.4) is 0 Å². The maximum atomic E-state index is 13.7. The first kappa shape index (κ1) is 21.2. The lowest BCUT2D eigenvalue weighted by atomic mass is 9.81. The number of nitrogens with one attached hydrogen (secondary N) is 1. The van der Waals surface area contributed by atoms with Crippen LogP contribution in [-0.2, 0) is 9.54 Å². The lowest BCUT2D eigenvalue weighted by molar-refractivity contribution is -0.484. The summed E-state index contributed by atoms with van der Waals surface area (Å²) in [4.78, 5) is 25.8. The highest BCUT2D eigenvalue weighted by Gasteiger charge is 2.55. The van der Waals surface area contributed by atoms with E-state index in [0.29, 0.717) is 16.8 Å². The number of fused-ring (bicyclic) bond motifs is 2. The van der Waals surface area contributed by atoms with E-state index in [2.05, 4.69) is 5.32 Å². The molecule has 0 bridgehead atoms. The topological polar surface area (TPSA) is 72.2 Å². The summed E-state index contributed by atoms with van der Waals surface area (Å²) in [6.07, 6.45) is 0. The average Bonchev–Trinajstić information content (AvgIpc) is 3.10. The molecule has 0 radical (unpaired) electrons. The highest BCUT2D eigenvalue weighted by molar-refractivity contribution is 8.01. The lowest BCUT2D eigenvalue weighted by Gasteiger charge is -2.33. The number of hydrogen-bond donors (Lipinski definition) is 1. The van der Waals surface area contributed by atoms with Gasteiger partial charge in [0.15, 0.2) is 0 Å². The van der Waals surface area contributed by atoms with Crippen molar-refractivity contribution in [3.8, 4) is 0 Å². The van der Waals surface area contributed by atoms with Gasteiger partial charge in [-0.25, -0.2) is 4.39 Å². The second-order valence-electron chi connectivity index (χ2n) is 7.97. The van der Waals surface area contributed by atoms with Crippen LogP contribution in [0, 0.1) is 15.9 Å². The molecule has 2 atom stereocenters. The van der Waals surface area contributed by atoms with Crippen molar-refractivity contribution in [2.75, 3.05) is 11.9 Å². The first-order chi connectivity index (χ1) is 16.0. The zero-order valence-corrected chi connectivity index (χ0v) is 18.2. The first-order valence-electron chi connectivity index (χ1n) is 10.4. The second kappa shape index (κ2) is 8.33. The molecule has 1 amide bonds. The Kier molecular flexibility index (Phi) is 5.34. The Bertz CT molecular complexity index is 1380. The summed E-state index contributed by atoms with van der Waals surface area (Å²) in [5.74, 6) is -1.59. The van der Waals surface area contributed by atoms with Crippen LogP contribution in [0.25, 0.3) is 10.8 Å². The van der Waals surface area contributed by atoms with Gasteiger partial charge in [-0.05, 0) is 46.7 Å². The van der Waals surface area contributed by atoms with Crippen molar-refractivity contribution in [3.05, 3.63) is 118 Å². The van der Waals surface area contributed by atoms with Crippen molar-refractivity contribution in [1.29, 1.82) is 0 Å². The number of benzene rings is 4. The molecule has 0 spiro atoms. The highest BCUT2D eigenvalue weighted by atomic mass is 32.2. The fraction of sp³-hybridized carbons (Fsp3) is 0.115. The van der Waals surface area contributed by atoms with Crippen molar-refractivity contribution in [3.63, 3.8) is 0 Å². The number of carbonyl (C=O) groups excluding carboxylic acids is 1. The van der Waals surface area contributed by atoms with E-state index in [9.17, 15) is 19.3 Å². The van der Waals surface area contributed by atoms with Gasteiger partial charge < -0.3 is 5.32 Å². The number of hydrogen-bond acceptors (Lipinski definition) is 4. The second-order valence-corrected chi connectivity index (χ2v) is 9.29. The Morgan fingerprint density at radius 3 is 2.39 bits per heavy atom. The quantitative estimate of drug-likeness (QED) is 0.285. The van der Waals surface area contributed by atoms with Crippen molar-refractivity contribution in [1.82, 2.24) is 0 Å². The van der Waals surface area contributed by atoms with E-state index >= 15 is 0 Å². The van der Waals surface area contributed by atoms with Gasteiger partial charge in [0.1, 0.15) is 10.6 Å². The van der Waals surface area contributed by atoms with Crippen LogP contribution in [-0.4, -0.2) is 17.4 Å². The van der Waals surface area contributed by atoms with Crippen molar-refractivity contribution >= 4 is 34.1 Å². The summed E-state index contributed by atoms with van der Waals surface area (Å²) in [6.45, 7) is -0.478. The normalized spacial score (nSPS) is 18.0. The molecule has 5 rings (SSSR count). The zero-order chi connectivity index (χ0) is 23.0. The van der Waals surface area contributed by atoms with Gasteiger partial charge in [-0.3, -0.25) is 14.9 Å². The number of rotatable bonds is 6. The Hall–Kier alpha value is -3.71. The minimum atomic E-state index is -1.30. The summed E-state index contributed by atoms with van der Waals surface area (Å²) < 4.78 is 12.4. The lowest BCUT2D eigenvalue weighted by Crippen LogP contribution is -2.40. The summed E-state index contributed by atoms with van der Waals surface area (Å²) in [7, 11) is 0. The minimum Gasteiger partial charge on any atom is -0.324 e. The number of nitro groups is 1. The Morgan fingerprint density at radius 2 is 1.64 bits per heavy atom. The molecule has 5 nitrogen and oxygen atoms in total. The number of amides is 1. The summed E-state index contributed by atoms with van der Waals surface area (Å²) in [6, 6.07) is 26.7. The molecule has 1 N–H and O–H groups in total. The van der Waals surface area contributed by atoms with Crippen molar-refractivity contribution in [2.45, 2.75) is 15.6 Å². The molecule has 0 aromatic heterocycles. The number of halogens is 1. The Morgan fingerprint density at radius 1 is 0.939 bits per heavy atom. The van der Waals surface area contributed by atoms with E-state index in [4.69, 9.17) is 0 Å². The van der Waals surface area contributed by atoms with Gasteiger partial charge in [-0.2, -0.15) is 0 Å². The largest absolute Gasteiger partial charge is 0.324 e. The van der Waals surface area contributed by atoms with E-state index in [1.807, 2.05) is 60.7 Å². The van der Waals surface area contributed by atoms with Crippen LogP contribution in [0.1, 0.15) is 17.0 Å². The van der Waals surface area contributed by atoms with Crippen LogP contribution in [0.15, 0.2) is 95.9 Å². The third kappa shape index (κ3) is 3.74. The molecule has 1 aliphatic heterocycles. The van der Waals surface area contributed by atoms with Crippen LogP contribution >= 0.6 is 11.8 Å². The van der Waals surface area contributed by atoms with Crippen LogP contribution in [0.2, 0.25) is 0 Å². The summed E-state index contributed by atoms with van der Waals surface area (Å²) in [5.41, 5.74) is 1.85. The summed E-state index contributed by atoms with van der Waals surface area (Å²) in [5, 5.41) is 16.8. The molecular formula is C26H19FN2O3S. The summed E-state index contributed by atoms with van der Waals surface area (Å²) >= 11 is 1.30. The molecule has 0 unspecified atom stereocenters. The highest BCUT2D eigenvalue weighted by Crippen LogP contribution is 2.56. The fourth-order valence-electron chi connectivity index (χ4n) is 4.50. The van der Waals surface area contributed by atoms with Gasteiger partial charge in [0.25, 0.3) is 0 Å². The SMILES string of the molecule is O=C1Nc2ccccc2[C@]1(Sc1ccc2ccccc2c1)[C@H](C[N+](=O)[O-])c1ccc(F)cc1. The maximum absolute atomic E-state index is 13.7.